The average Bonchev–Trinajstić information content (AvgIpc) is 3.11. The molecule has 234 valence electrons. The Bertz CT molecular complexity index is 1500. The van der Waals surface area contributed by atoms with E-state index < -0.39 is 21.2 Å². The van der Waals surface area contributed by atoms with Crippen LogP contribution >= 0.6 is 11.6 Å². The van der Waals surface area contributed by atoms with E-state index in [1.807, 2.05) is 25.1 Å². The number of carbonyl (C=O) groups excluding carboxylic acids is 1. The minimum Gasteiger partial charge on any atom is -0.490 e. The van der Waals surface area contributed by atoms with Gasteiger partial charge in [0.1, 0.15) is 5.75 Å². The lowest BCUT2D eigenvalue weighted by atomic mass is 9.58. The predicted molar refractivity (Wildman–Crippen MR) is 170 cm³/mol. The number of nitrogens with one attached hydrogen (secondary N) is 1. The van der Waals surface area contributed by atoms with Crippen LogP contribution in [-0.2, 0) is 21.9 Å². The van der Waals surface area contributed by atoms with E-state index in [0.717, 1.165) is 75.2 Å². The molecule has 6 rings (SSSR count). The summed E-state index contributed by atoms with van der Waals surface area (Å²) in [5, 5.41) is 10.7. The van der Waals surface area contributed by atoms with E-state index in [2.05, 4.69) is 28.7 Å². The number of halogens is 1. The van der Waals surface area contributed by atoms with Crippen molar-refractivity contribution in [1.29, 1.82) is 0 Å². The molecular formula is C34H45ClN2O5S. The smallest absolute Gasteiger partial charge is 0.264 e. The summed E-state index contributed by atoms with van der Waals surface area (Å²) in [6.45, 7) is 7.97. The Balaban J connectivity index is 1.43. The van der Waals surface area contributed by atoms with E-state index >= 15 is 0 Å². The van der Waals surface area contributed by atoms with Crippen LogP contribution < -0.4 is 14.4 Å². The number of amides is 1. The third-order valence-corrected chi connectivity index (χ3v) is 13.5. The van der Waals surface area contributed by atoms with Gasteiger partial charge < -0.3 is 14.7 Å². The van der Waals surface area contributed by atoms with Crippen molar-refractivity contribution in [2.75, 3.05) is 31.2 Å². The molecule has 2 aliphatic carbocycles. The molecule has 0 radical (unpaired) electrons. The number of rotatable bonds is 1. The molecule has 1 fully saturated rings. The summed E-state index contributed by atoms with van der Waals surface area (Å²) in [6.07, 6.45) is 7.58. The molecule has 2 aliphatic heterocycles. The Kier molecular flexibility index (Phi) is 8.27. The summed E-state index contributed by atoms with van der Waals surface area (Å²) < 4.78 is 35.5. The van der Waals surface area contributed by atoms with Gasteiger partial charge in [0.2, 0.25) is 10.0 Å². The van der Waals surface area contributed by atoms with E-state index in [1.54, 1.807) is 13.0 Å². The van der Waals surface area contributed by atoms with Crippen molar-refractivity contribution in [3.63, 3.8) is 0 Å². The maximum absolute atomic E-state index is 13.4. The van der Waals surface area contributed by atoms with E-state index in [4.69, 9.17) is 16.3 Å². The molecule has 1 amide bonds. The summed E-state index contributed by atoms with van der Waals surface area (Å²) in [4.78, 5) is 15.8. The van der Waals surface area contributed by atoms with Crippen molar-refractivity contribution >= 4 is 33.2 Å². The first kappa shape index (κ1) is 30.7. The molecular weight excluding hydrogens is 584 g/mol. The summed E-state index contributed by atoms with van der Waals surface area (Å²) >= 11 is 6.41. The first-order valence-electron chi connectivity index (χ1n) is 15.9. The molecule has 9 heteroatoms. The van der Waals surface area contributed by atoms with Crippen molar-refractivity contribution in [2.45, 2.75) is 82.8 Å². The normalized spacial score (nSPS) is 34.2. The van der Waals surface area contributed by atoms with E-state index in [1.165, 1.54) is 11.1 Å². The highest BCUT2D eigenvalue weighted by atomic mass is 35.5. The standard InChI is InChI=1S/C34H45ClN2O5S/c1-22-6-4-14-33(3,20-38)28-11-8-26(28)18-37-19-34(15-5-7-24-16-27(35)10-12-29(24)34)21-42-31-13-9-25(17-30(31)37)32(39)36-43(40,41)23(22)2/h9-10,12-13,16-17,22-23,26,28,38H,4-8,11,14-15,18-21H2,1-3H3,(H,36,39)/t22-,23+,26-,28+,33-,34-/m0/s1. The number of fused-ring (bicyclic) bond motifs is 4. The average molecular weight is 629 g/mol. The van der Waals surface area contributed by atoms with Crippen LogP contribution in [0.3, 0.4) is 0 Å². The van der Waals surface area contributed by atoms with Crippen molar-refractivity contribution in [3.05, 3.63) is 58.1 Å². The van der Waals surface area contributed by atoms with Crippen molar-refractivity contribution in [2.24, 2.45) is 23.2 Å². The number of anilines is 1. The van der Waals surface area contributed by atoms with Gasteiger partial charge in [-0.3, -0.25) is 4.79 Å². The lowest BCUT2D eigenvalue weighted by Crippen LogP contribution is -2.51. The second-order valence-electron chi connectivity index (χ2n) is 14.1. The molecule has 2 heterocycles. The molecule has 2 N–H and O–H groups in total. The zero-order valence-corrected chi connectivity index (χ0v) is 27.1. The molecule has 7 nitrogen and oxygen atoms in total. The monoisotopic (exact) mass is 628 g/mol. The maximum atomic E-state index is 13.4. The van der Waals surface area contributed by atoms with E-state index in [9.17, 15) is 18.3 Å². The summed E-state index contributed by atoms with van der Waals surface area (Å²) in [7, 11) is -3.88. The van der Waals surface area contributed by atoms with Crippen LogP contribution in [0.1, 0.15) is 87.2 Å². The van der Waals surface area contributed by atoms with Gasteiger partial charge in [-0.1, -0.05) is 37.9 Å². The SMILES string of the molecule is C[C@@H]1[C@@H](C)CCC[C@@](C)(CO)[C@@H]2CC[C@H]2CN2C[C@@]3(CCCc4cc(Cl)ccc43)COc3ccc(cc32)C(=O)NS1(=O)=O. The van der Waals surface area contributed by atoms with Crippen LogP contribution in [-0.4, -0.2) is 51.0 Å². The second-order valence-corrected chi connectivity index (χ2v) is 16.6. The van der Waals surface area contributed by atoms with Gasteiger partial charge in [0.05, 0.1) is 17.5 Å². The summed E-state index contributed by atoms with van der Waals surface area (Å²) in [5.41, 5.74) is 3.21. The number of aliphatic hydroxyl groups excluding tert-OH is 1. The van der Waals surface area contributed by atoms with Crippen LogP contribution in [0.15, 0.2) is 36.4 Å². The minimum atomic E-state index is -3.88. The first-order chi connectivity index (χ1) is 20.4. The van der Waals surface area contributed by atoms with Crippen molar-refractivity contribution < 1.29 is 23.1 Å². The van der Waals surface area contributed by atoms with Gasteiger partial charge in [-0.25, -0.2) is 13.1 Å². The molecule has 6 atom stereocenters. The van der Waals surface area contributed by atoms with E-state index in [-0.39, 0.29) is 23.4 Å². The first-order valence-corrected chi connectivity index (χ1v) is 17.8. The van der Waals surface area contributed by atoms with Crippen molar-refractivity contribution in [3.8, 4) is 5.75 Å². The van der Waals surface area contributed by atoms with Gasteiger partial charge >= 0.3 is 0 Å². The zero-order valence-electron chi connectivity index (χ0n) is 25.6. The van der Waals surface area contributed by atoms with Crippen LogP contribution in [0.4, 0.5) is 5.69 Å². The van der Waals surface area contributed by atoms with Crippen LogP contribution in [0.25, 0.3) is 0 Å². The number of aliphatic hydroxyl groups is 1. The van der Waals surface area contributed by atoms with Crippen LogP contribution in [0.2, 0.25) is 5.02 Å². The number of hydrogen-bond acceptors (Lipinski definition) is 6. The third-order valence-electron chi connectivity index (χ3n) is 11.4. The Hall–Kier alpha value is -2.29. The highest BCUT2D eigenvalue weighted by Gasteiger charge is 2.47. The number of benzene rings is 2. The van der Waals surface area contributed by atoms with Gasteiger partial charge in [0.15, 0.2) is 0 Å². The molecule has 4 aliphatic rings. The Morgan fingerprint density at radius 3 is 2.65 bits per heavy atom. The van der Waals surface area contributed by atoms with Gasteiger partial charge in [-0.05, 0) is 116 Å². The number of aryl methyl sites for hydroxylation is 1. The fourth-order valence-electron chi connectivity index (χ4n) is 8.27. The molecule has 1 spiro atoms. The molecule has 1 saturated carbocycles. The molecule has 2 aromatic carbocycles. The molecule has 2 aromatic rings. The minimum absolute atomic E-state index is 0.119. The topological polar surface area (TPSA) is 95.9 Å². The number of ether oxygens (including phenoxy) is 1. The largest absolute Gasteiger partial charge is 0.490 e. The van der Waals surface area contributed by atoms with Crippen molar-refractivity contribution in [1.82, 2.24) is 4.72 Å². The molecule has 2 bridgehead atoms. The highest BCUT2D eigenvalue weighted by Crippen LogP contribution is 2.51. The predicted octanol–water partition coefficient (Wildman–Crippen LogP) is 6.11. The molecule has 0 unspecified atom stereocenters. The molecule has 0 aromatic heterocycles. The van der Waals surface area contributed by atoms with E-state index in [0.29, 0.717) is 29.8 Å². The zero-order chi connectivity index (χ0) is 30.6. The number of nitrogens with zero attached hydrogens (tertiary/aromatic N) is 1. The fourth-order valence-corrected chi connectivity index (χ4v) is 9.78. The number of carbonyl (C=O) groups is 1. The number of sulfonamides is 1. The Labute approximate surface area is 261 Å². The lowest BCUT2D eigenvalue weighted by molar-refractivity contribution is -0.0187. The molecule has 0 saturated heterocycles. The Morgan fingerprint density at radius 2 is 1.91 bits per heavy atom. The summed E-state index contributed by atoms with van der Waals surface area (Å²) in [5.74, 6) is 0.741. The third kappa shape index (κ3) is 5.68. The summed E-state index contributed by atoms with van der Waals surface area (Å²) in [6, 6.07) is 11.5. The van der Waals surface area contributed by atoms with Gasteiger partial charge in [-0.2, -0.15) is 0 Å². The second kappa shape index (κ2) is 11.6. The highest BCUT2D eigenvalue weighted by molar-refractivity contribution is 7.90. The lowest BCUT2D eigenvalue weighted by Gasteiger charge is -2.50. The van der Waals surface area contributed by atoms with Gasteiger partial charge in [0.25, 0.3) is 5.91 Å². The van der Waals surface area contributed by atoms with Gasteiger partial charge in [0, 0.05) is 35.7 Å². The fraction of sp³-hybridized carbons (Fsp3) is 0.618. The van der Waals surface area contributed by atoms with Crippen LogP contribution in [0.5, 0.6) is 5.75 Å². The Morgan fingerprint density at radius 1 is 1.09 bits per heavy atom. The van der Waals surface area contributed by atoms with Crippen LogP contribution in [0, 0.1) is 23.2 Å². The van der Waals surface area contributed by atoms with Gasteiger partial charge in [-0.15, -0.1) is 0 Å². The number of hydrogen-bond donors (Lipinski definition) is 2. The maximum Gasteiger partial charge on any atom is 0.264 e. The quantitative estimate of drug-likeness (QED) is 0.396. The molecule has 43 heavy (non-hydrogen) atoms.